The molecule has 1 aromatic carbocycles. The minimum atomic E-state index is 0.251. The first-order valence-corrected chi connectivity index (χ1v) is 8.74. The number of H-pyrrole nitrogens is 1. The van der Waals surface area contributed by atoms with Crippen molar-refractivity contribution in [3.63, 3.8) is 0 Å². The van der Waals surface area contributed by atoms with Crippen LogP contribution in [-0.4, -0.2) is 9.55 Å². The van der Waals surface area contributed by atoms with E-state index in [-0.39, 0.29) is 6.04 Å². The van der Waals surface area contributed by atoms with Gasteiger partial charge in [0, 0.05) is 13.3 Å². The van der Waals surface area contributed by atoms with Crippen LogP contribution in [0.4, 0.5) is 0 Å². The van der Waals surface area contributed by atoms with Crippen LogP contribution in [0.3, 0.4) is 0 Å². The summed E-state index contributed by atoms with van der Waals surface area (Å²) in [7, 11) is 0. The number of aromatic nitrogens is 2. The molecule has 0 spiro atoms. The first-order chi connectivity index (χ1) is 9.47. The highest BCUT2D eigenvalue weighted by atomic mass is 127. The monoisotopic (exact) mass is 414 g/mol. The molecule has 3 rings (SSSR count). The maximum atomic E-state index is 5.53. The third kappa shape index (κ3) is 2.35. The Kier molecular flexibility index (Phi) is 3.77. The van der Waals surface area contributed by atoms with Gasteiger partial charge in [-0.05, 0) is 85.4 Å². The van der Waals surface area contributed by atoms with Gasteiger partial charge in [0.15, 0.2) is 4.77 Å². The van der Waals surface area contributed by atoms with Crippen molar-refractivity contribution in [2.45, 2.75) is 26.8 Å². The van der Waals surface area contributed by atoms with Crippen LogP contribution in [-0.2, 0) is 0 Å². The van der Waals surface area contributed by atoms with Crippen LogP contribution in [0.2, 0.25) is 0 Å². The van der Waals surface area contributed by atoms with Gasteiger partial charge in [-0.1, -0.05) is 0 Å². The van der Waals surface area contributed by atoms with E-state index in [1.807, 2.05) is 11.3 Å². The van der Waals surface area contributed by atoms with Crippen LogP contribution in [0, 0.1) is 22.2 Å². The molecule has 1 N–H and O–H groups in total. The van der Waals surface area contributed by atoms with Crippen molar-refractivity contribution in [2.75, 3.05) is 0 Å². The molecule has 3 aromatic rings. The molecular weight excluding hydrogens is 399 g/mol. The lowest BCUT2D eigenvalue weighted by atomic mass is 10.1. The van der Waals surface area contributed by atoms with E-state index in [9.17, 15) is 0 Å². The highest BCUT2D eigenvalue weighted by Crippen LogP contribution is 2.31. The van der Waals surface area contributed by atoms with Crippen molar-refractivity contribution < 1.29 is 0 Å². The van der Waals surface area contributed by atoms with Gasteiger partial charge in [-0.2, -0.15) is 0 Å². The van der Waals surface area contributed by atoms with Crippen LogP contribution >= 0.6 is 46.1 Å². The van der Waals surface area contributed by atoms with Crippen LogP contribution < -0.4 is 0 Å². The Hall–Kier alpha value is -0.660. The molecule has 2 nitrogen and oxygen atoms in total. The molecule has 1 atom stereocenters. The molecule has 2 aromatic heterocycles. The van der Waals surface area contributed by atoms with Gasteiger partial charge in [0.2, 0.25) is 0 Å². The minimum absolute atomic E-state index is 0.251. The number of nitrogens with one attached hydrogen (secondary N) is 1. The fraction of sp³-hybridized carbons (Fsp3) is 0.267. The summed E-state index contributed by atoms with van der Waals surface area (Å²) in [5.74, 6) is 0. The normalized spacial score (nSPS) is 13.0. The first-order valence-electron chi connectivity index (χ1n) is 6.44. The molecule has 5 heteroatoms. The first kappa shape index (κ1) is 14.3. The van der Waals surface area contributed by atoms with Crippen molar-refractivity contribution in [1.29, 1.82) is 0 Å². The lowest BCUT2D eigenvalue weighted by Crippen LogP contribution is -2.06. The summed E-state index contributed by atoms with van der Waals surface area (Å²) in [5.41, 5.74) is 3.65. The summed E-state index contributed by atoms with van der Waals surface area (Å²) in [6.07, 6.45) is 0. The number of nitrogens with zero attached hydrogens (tertiary/aromatic N) is 1. The molecule has 0 aliphatic carbocycles. The van der Waals surface area contributed by atoms with Crippen LogP contribution in [0.5, 0.6) is 0 Å². The Morgan fingerprint density at radius 1 is 1.30 bits per heavy atom. The number of hydrogen-bond acceptors (Lipinski definition) is 2. The SMILES string of the molecule is Cc1cc(C(C)n2c(=S)[nH]c3cc(I)ccc32)c(C)s1. The molecule has 1 unspecified atom stereocenters. The Balaban J connectivity index is 2.21. The average Bonchev–Trinajstić information content (AvgIpc) is 2.87. The van der Waals surface area contributed by atoms with E-state index in [1.165, 1.54) is 24.4 Å². The predicted octanol–water partition coefficient (Wildman–Crippen LogP) is 5.59. The van der Waals surface area contributed by atoms with Crippen molar-refractivity contribution >= 4 is 57.2 Å². The minimum Gasteiger partial charge on any atom is -0.331 e. The average molecular weight is 414 g/mol. The van der Waals surface area contributed by atoms with Gasteiger partial charge >= 0.3 is 0 Å². The van der Waals surface area contributed by atoms with Crippen molar-refractivity contribution in [3.8, 4) is 0 Å². The number of aromatic amines is 1. The lowest BCUT2D eigenvalue weighted by molar-refractivity contribution is 0.648. The third-order valence-corrected chi connectivity index (χ3v) is 5.55. The zero-order chi connectivity index (χ0) is 14.4. The second-order valence-electron chi connectivity index (χ2n) is 5.01. The van der Waals surface area contributed by atoms with Crippen LogP contribution in [0.1, 0.15) is 28.3 Å². The maximum absolute atomic E-state index is 5.53. The van der Waals surface area contributed by atoms with Gasteiger partial charge in [-0.25, -0.2) is 0 Å². The van der Waals surface area contributed by atoms with E-state index in [0.717, 1.165) is 10.3 Å². The van der Waals surface area contributed by atoms with Gasteiger partial charge < -0.3 is 9.55 Å². The smallest absolute Gasteiger partial charge is 0.178 e. The summed E-state index contributed by atoms with van der Waals surface area (Å²) in [6.45, 7) is 6.56. The molecule has 0 radical (unpaired) electrons. The van der Waals surface area contributed by atoms with Crippen LogP contribution in [0.25, 0.3) is 11.0 Å². The highest BCUT2D eigenvalue weighted by molar-refractivity contribution is 14.1. The molecule has 104 valence electrons. The number of halogens is 1. The number of rotatable bonds is 2. The number of hydrogen-bond donors (Lipinski definition) is 1. The summed E-state index contributed by atoms with van der Waals surface area (Å²) in [6, 6.07) is 8.94. The number of aryl methyl sites for hydroxylation is 2. The highest BCUT2D eigenvalue weighted by Gasteiger charge is 2.16. The zero-order valence-electron chi connectivity index (χ0n) is 11.5. The summed E-state index contributed by atoms with van der Waals surface area (Å²) in [4.78, 5) is 6.05. The Bertz CT molecular complexity index is 841. The van der Waals surface area contributed by atoms with E-state index in [1.54, 1.807) is 0 Å². The molecule has 0 fully saturated rings. The second-order valence-corrected chi connectivity index (χ2v) is 8.10. The quantitative estimate of drug-likeness (QED) is 0.428. The summed E-state index contributed by atoms with van der Waals surface area (Å²) in [5, 5.41) is 0. The molecule has 0 saturated carbocycles. The largest absolute Gasteiger partial charge is 0.331 e. The molecule has 0 amide bonds. The second kappa shape index (κ2) is 5.27. The van der Waals surface area contributed by atoms with Crippen LogP contribution in [0.15, 0.2) is 24.3 Å². The van der Waals surface area contributed by atoms with E-state index >= 15 is 0 Å². The van der Waals surface area contributed by atoms with E-state index in [4.69, 9.17) is 12.2 Å². The number of imidazole rings is 1. The number of thiophene rings is 1. The Morgan fingerprint density at radius 3 is 2.70 bits per heavy atom. The predicted molar refractivity (Wildman–Crippen MR) is 97.4 cm³/mol. The Morgan fingerprint density at radius 2 is 2.05 bits per heavy atom. The van der Waals surface area contributed by atoms with E-state index in [2.05, 4.69) is 77.2 Å². The maximum Gasteiger partial charge on any atom is 0.178 e. The summed E-state index contributed by atoms with van der Waals surface area (Å²) >= 11 is 9.71. The zero-order valence-corrected chi connectivity index (χ0v) is 15.3. The van der Waals surface area contributed by atoms with Crippen molar-refractivity contribution in [2.24, 2.45) is 0 Å². The molecular formula is C15H15IN2S2. The van der Waals surface area contributed by atoms with E-state index < -0.39 is 0 Å². The standard InChI is InChI=1S/C15H15IN2S2/c1-8-6-12(10(3)20-8)9(2)18-14-5-4-11(16)7-13(14)17-15(18)19/h4-7,9H,1-3H3,(H,17,19). The Labute approximate surface area is 141 Å². The van der Waals surface area contributed by atoms with Crippen molar-refractivity contribution in [1.82, 2.24) is 9.55 Å². The molecule has 0 saturated heterocycles. The fourth-order valence-electron chi connectivity index (χ4n) is 2.69. The molecule has 0 bridgehead atoms. The van der Waals surface area contributed by atoms with Gasteiger partial charge in [0.05, 0.1) is 17.1 Å². The number of benzene rings is 1. The fourth-order valence-corrected chi connectivity index (χ4v) is 4.57. The van der Waals surface area contributed by atoms with Gasteiger partial charge in [-0.15, -0.1) is 11.3 Å². The van der Waals surface area contributed by atoms with Gasteiger partial charge in [0.1, 0.15) is 0 Å². The molecule has 0 aliphatic rings. The molecule has 2 heterocycles. The van der Waals surface area contributed by atoms with Crippen molar-refractivity contribution in [3.05, 3.63) is 47.9 Å². The molecule has 20 heavy (non-hydrogen) atoms. The molecule has 0 aliphatic heterocycles. The lowest BCUT2D eigenvalue weighted by Gasteiger charge is -2.14. The topological polar surface area (TPSA) is 20.7 Å². The summed E-state index contributed by atoms with van der Waals surface area (Å²) < 4.78 is 4.22. The third-order valence-electron chi connectivity index (χ3n) is 3.60. The van der Waals surface area contributed by atoms with E-state index in [0.29, 0.717) is 0 Å². The van der Waals surface area contributed by atoms with Gasteiger partial charge in [0.25, 0.3) is 0 Å². The number of fused-ring (bicyclic) bond motifs is 1. The van der Waals surface area contributed by atoms with Gasteiger partial charge in [-0.3, -0.25) is 0 Å².